The Morgan fingerprint density at radius 1 is 1.06 bits per heavy atom. The van der Waals surface area contributed by atoms with Gasteiger partial charge in [0, 0.05) is 43.3 Å². The number of hydrogen-bond donors (Lipinski definition) is 1. The largest absolute Gasteiger partial charge is 0.512 e. The molecule has 2 aromatic heterocycles. The molecule has 4 rings (SSSR count). The molecule has 0 unspecified atom stereocenters. The molecule has 2 aromatic carbocycles. The maximum absolute atomic E-state index is 10.0. The third-order valence-corrected chi connectivity index (χ3v) is 5.44. The molecule has 4 aromatic rings. The molecule has 0 bridgehead atoms. The van der Waals surface area contributed by atoms with Crippen LogP contribution in [0.2, 0.25) is 0 Å². The molecule has 1 N–H and O–H groups in total. The van der Waals surface area contributed by atoms with Gasteiger partial charge in [0.15, 0.2) is 5.78 Å². The van der Waals surface area contributed by atoms with Crippen molar-refractivity contribution in [2.24, 2.45) is 0 Å². The summed E-state index contributed by atoms with van der Waals surface area (Å²) in [5, 5.41) is 9.38. The van der Waals surface area contributed by atoms with Crippen LogP contribution in [0.5, 0.6) is 0 Å². The molecule has 0 atom stereocenters. The Hall–Kier alpha value is -3.01. The minimum Gasteiger partial charge on any atom is -0.512 e. The average molecular weight is 647 g/mol. The second-order valence-electron chi connectivity index (χ2n) is 9.63. The summed E-state index contributed by atoms with van der Waals surface area (Å²) in [6, 6.07) is 19.7. The number of carbonyl (C=O) groups excluding carboxylic acids is 1. The maximum Gasteiger partial charge on any atom is 0.155 e. The molecule has 0 saturated heterocycles. The van der Waals surface area contributed by atoms with Crippen LogP contribution in [0.25, 0.3) is 33.6 Å². The third-order valence-electron chi connectivity index (χ3n) is 5.44. The SMILES string of the molecule is CC(=O)/C=C(/C)O.Cc1cc(C(C)(C)C)cc(C)c1-c1cc2cnc(-c3[c-]cccc3)cc2o1.[Ir]. The number of fused-ring (bicyclic) bond motifs is 1. The standard InChI is InChI=1S/C25H24NO.C5H8O2.Ir/c1-16-11-20(25(3,4)5)12-17(2)24(16)23-13-19-15-26-21(14-22(19)27-23)18-9-7-6-8-10-18;1-4(6)3-5(2)7;/h6-9,11-15H,1-5H3;3,6H,1-2H3;/q-1;;/b;4-3-;. The predicted octanol–water partition coefficient (Wildman–Crippen LogP) is 7.91. The number of aliphatic hydroxyl groups is 1. The van der Waals surface area contributed by atoms with Crippen molar-refractivity contribution in [2.45, 2.75) is 53.9 Å². The third kappa shape index (κ3) is 7.24. The molecule has 0 aliphatic carbocycles. The van der Waals surface area contributed by atoms with Crippen molar-refractivity contribution in [3.63, 3.8) is 0 Å². The van der Waals surface area contributed by atoms with Crippen LogP contribution >= 0.6 is 0 Å². The van der Waals surface area contributed by atoms with Crippen LogP contribution in [-0.2, 0) is 30.3 Å². The van der Waals surface area contributed by atoms with Gasteiger partial charge in [-0.3, -0.25) is 4.79 Å². The van der Waals surface area contributed by atoms with Crippen molar-refractivity contribution in [3.8, 4) is 22.6 Å². The number of furan rings is 1. The number of aromatic nitrogens is 1. The molecule has 0 aliphatic rings. The van der Waals surface area contributed by atoms with Gasteiger partial charge in [0.2, 0.25) is 0 Å². The van der Waals surface area contributed by atoms with Gasteiger partial charge in [-0.1, -0.05) is 32.9 Å². The molecule has 0 saturated carbocycles. The predicted molar refractivity (Wildman–Crippen MR) is 139 cm³/mol. The Labute approximate surface area is 221 Å². The average Bonchev–Trinajstić information content (AvgIpc) is 3.15. The molecule has 4 nitrogen and oxygen atoms in total. The van der Waals surface area contributed by atoms with Gasteiger partial charge < -0.3 is 14.5 Å². The van der Waals surface area contributed by atoms with Crippen molar-refractivity contribution in [1.29, 1.82) is 0 Å². The molecular formula is C30H32IrNO3-. The monoisotopic (exact) mass is 647 g/mol. The molecule has 0 amide bonds. The minimum atomic E-state index is -0.125. The summed E-state index contributed by atoms with van der Waals surface area (Å²) in [6.07, 6.45) is 3.05. The number of aryl methyl sites for hydroxylation is 2. The van der Waals surface area contributed by atoms with Gasteiger partial charge in [0.1, 0.15) is 11.3 Å². The number of allylic oxidation sites excluding steroid dienone is 2. The van der Waals surface area contributed by atoms with E-state index in [1.54, 1.807) is 0 Å². The van der Waals surface area contributed by atoms with Gasteiger partial charge in [-0.25, -0.2) is 0 Å². The van der Waals surface area contributed by atoms with Gasteiger partial charge in [-0.05, 0) is 67.6 Å². The summed E-state index contributed by atoms with van der Waals surface area (Å²) in [5.41, 5.74) is 7.83. The Morgan fingerprint density at radius 2 is 1.71 bits per heavy atom. The maximum atomic E-state index is 10.0. The number of nitrogens with zero attached hydrogens (tertiary/aromatic N) is 1. The van der Waals surface area contributed by atoms with Crippen molar-refractivity contribution < 1.29 is 34.4 Å². The van der Waals surface area contributed by atoms with Crippen LogP contribution in [0.1, 0.15) is 51.3 Å². The normalized spacial score (nSPS) is 11.5. The van der Waals surface area contributed by atoms with Crippen LogP contribution in [0.3, 0.4) is 0 Å². The fourth-order valence-electron chi connectivity index (χ4n) is 3.84. The fraction of sp³-hybridized carbons (Fsp3) is 0.267. The summed E-state index contributed by atoms with van der Waals surface area (Å²) in [7, 11) is 0. The van der Waals surface area contributed by atoms with Crippen LogP contribution < -0.4 is 0 Å². The number of carbonyl (C=O) groups is 1. The van der Waals surface area contributed by atoms with Gasteiger partial charge >= 0.3 is 0 Å². The Bertz CT molecular complexity index is 1320. The van der Waals surface area contributed by atoms with Crippen molar-refractivity contribution in [2.75, 3.05) is 0 Å². The molecule has 185 valence electrons. The van der Waals surface area contributed by atoms with E-state index in [1.165, 1.54) is 42.2 Å². The molecule has 35 heavy (non-hydrogen) atoms. The summed E-state index contributed by atoms with van der Waals surface area (Å²) < 4.78 is 6.25. The van der Waals surface area contributed by atoms with E-state index in [1.807, 2.05) is 36.5 Å². The van der Waals surface area contributed by atoms with E-state index in [0.29, 0.717) is 0 Å². The zero-order chi connectivity index (χ0) is 25.0. The summed E-state index contributed by atoms with van der Waals surface area (Å²) in [4.78, 5) is 14.6. The summed E-state index contributed by atoms with van der Waals surface area (Å²) >= 11 is 0. The quantitative estimate of drug-likeness (QED) is 0.140. The van der Waals surface area contributed by atoms with E-state index in [-0.39, 0.29) is 37.1 Å². The molecule has 0 fully saturated rings. The first-order valence-electron chi connectivity index (χ1n) is 11.3. The first kappa shape index (κ1) is 28.2. The van der Waals surface area contributed by atoms with Crippen molar-refractivity contribution in [3.05, 3.63) is 89.3 Å². The first-order valence-corrected chi connectivity index (χ1v) is 11.3. The zero-order valence-corrected chi connectivity index (χ0v) is 23.7. The summed E-state index contributed by atoms with van der Waals surface area (Å²) in [5.74, 6) is 0.837. The van der Waals surface area contributed by atoms with Gasteiger partial charge in [-0.2, -0.15) is 0 Å². The second-order valence-corrected chi connectivity index (χ2v) is 9.63. The number of ketones is 1. The van der Waals surface area contributed by atoms with Crippen LogP contribution in [0, 0.1) is 19.9 Å². The van der Waals surface area contributed by atoms with Crippen molar-refractivity contribution in [1.82, 2.24) is 4.98 Å². The van der Waals surface area contributed by atoms with E-state index < -0.39 is 0 Å². The second kappa shape index (κ2) is 11.6. The van der Waals surface area contributed by atoms with Crippen LogP contribution in [-0.4, -0.2) is 15.9 Å². The smallest absolute Gasteiger partial charge is 0.155 e. The zero-order valence-electron chi connectivity index (χ0n) is 21.3. The number of pyridine rings is 1. The fourth-order valence-corrected chi connectivity index (χ4v) is 3.84. The molecule has 1 radical (unpaired) electrons. The molecule has 2 heterocycles. The van der Waals surface area contributed by atoms with E-state index in [0.717, 1.165) is 28.0 Å². The summed E-state index contributed by atoms with van der Waals surface area (Å²) in [6.45, 7) is 13.9. The first-order chi connectivity index (χ1) is 16.0. The molecule has 5 heteroatoms. The van der Waals surface area contributed by atoms with Gasteiger partial charge in [-0.15, -0.1) is 35.9 Å². The van der Waals surface area contributed by atoms with E-state index in [2.05, 4.69) is 63.9 Å². The van der Waals surface area contributed by atoms with Gasteiger partial charge in [0.05, 0.1) is 5.76 Å². The number of hydrogen-bond acceptors (Lipinski definition) is 4. The topological polar surface area (TPSA) is 63.3 Å². The number of rotatable bonds is 3. The minimum absolute atomic E-state index is 0. The Kier molecular flexibility index (Phi) is 9.37. The molecule has 0 aliphatic heterocycles. The van der Waals surface area contributed by atoms with Crippen molar-refractivity contribution >= 4 is 16.8 Å². The van der Waals surface area contributed by atoms with Gasteiger partial charge in [0.25, 0.3) is 0 Å². The van der Waals surface area contributed by atoms with E-state index in [4.69, 9.17) is 9.52 Å². The van der Waals surface area contributed by atoms with Crippen LogP contribution in [0.4, 0.5) is 0 Å². The molecular weight excluding hydrogens is 615 g/mol. The Balaban J connectivity index is 0.000000476. The number of benzene rings is 2. The number of aliphatic hydroxyl groups excluding tert-OH is 1. The van der Waals surface area contributed by atoms with E-state index >= 15 is 0 Å². The van der Waals surface area contributed by atoms with E-state index in [9.17, 15) is 4.79 Å². The van der Waals surface area contributed by atoms with Crippen LogP contribution in [0.15, 0.2) is 71.0 Å². The molecule has 0 spiro atoms. The Morgan fingerprint density at radius 3 is 2.20 bits per heavy atom.